The molecule has 0 aromatic heterocycles. The summed E-state index contributed by atoms with van der Waals surface area (Å²) in [4.78, 5) is 13.8. The SMILES string of the molecule is CC(C)Cc1ccc(S(=O)(=O)Nc2ccc(N(C)Cc3ccccc3)c(C(=O)O)c2)cc1. The third kappa shape index (κ3) is 5.88. The number of hydrogen-bond donors (Lipinski definition) is 2. The van der Waals surface area contributed by atoms with Crippen molar-refractivity contribution in [1.82, 2.24) is 0 Å². The lowest BCUT2D eigenvalue weighted by Crippen LogP contribution is -2.20. The largest absolute Gasteiger partial charge is 0.478 e. The first kappa shape index (κ1) is 23.3. The highest BCUT2D eigenvalue weighted by atomic mass is 32.2. The van der Waals surface area contributed by atoms with Crippen LogP contribution in [0.2, 0.25) is 0 Å². The maximum absolute atomic E-state index is 12.8. The molecule has 0 spiro atoms. The van der Waals surface area contributed by atoms with Gasteiger partial charge < -0.3 is 10.0 Å². The summed E-state index contributed by atoms with van der Waals surface area (Å²) in [5.41, 5.74) is 2.83. The maximum atomic E-state index is 12.8. The van der Waals surface area contributed by atoms with E-state index in [1.807, 2.05) is 35.2 Å². The summed E-state index contributed by atoms with van der Waals surface area (Å²) in [6.07, 6.45) is 0.869. The van der Waals surface area contributed by atoms with Crippen LogP contribution >= 0.6 is 0 Å². The Balaban J connectivity index is 1.82. The highest BCUT2D eigenvalue weighted by Gasteiger charge is 2.19. The Labute approximate surface area is 189 Å². The lowest BCUT2D eigenvalue weighted by Gasteiger charge is -2.22. The van der Waals surface area contributed by atoms with Crippen molar-refractivity contribution in [2.45, 2.75) is 31.7 Å². The van der Waals surface area contributed by atoms with Crippen LogP contribution in [0.15, 0.2) is 77.7 Å². The zero-order chi connectivity index (χ0) is 23.3. The van der Waals surface area contributed by atoms with Gasteiger partial charge in [0, 0.05) is 19.3 Å². The van der Waals surface area contributed by atoms with E-state index < -0.39 is 16.0 Å². The van der Waals surface area contributed by atoms with Gasteiger partial charge >= 0.3 is 5.97 Å². The van der Waals surface area contributed by atoms with Gasteiger partial charge in [-0.15, -0.1) is 0 Å². The van der Waals surface area contributed by atoms with E-state index in [-0.39, 0.29) is 16.1 Å². The molecule has 0 aliphatic rings. The van der Waals surface area contributed by atoms with E-state index in [1.54, 1.807) is 43.4 Å². The van der Waals surface area contributed by atoms with Crippen molar-refractivity contribution >= 4 is 27.4 Å². The minimum Gasteiger partial charge on any atom is -0.478 e. The van der Waals surface area contributed by atoms with Gasteiger partial charge in [-0.2, -0.15) is 0 Å². The molecular weight excluding hydrogens is 424 g/mol. The Kier molecular flexibility index (Phi) is 7.20. The molecule has 0 radical (unpaired) electrons. The minimum atomic E-state index is -3.84. The monoisotopic (exact) mass is 452 g/mol. The van der Waals surface area contributed by atoms with Crippen LogP contribution in [0.3, 0.4) is 0 Å². The molecule has 0 fully saturated rings. The van der Waals surface area contributed by atoms with E-state index in [4.69, 9.17) is 0 Å². The van der Waals surface area contributed by atoms with E-state index in [0.29, 0.717) is 18.2 Å². The normalized spacial score (nSPS) is 11.4. The van der Waals surface area contributed by atoms with Crippen molar-refractivity contribution in [3.8, 4) is 0 Å². The van der Waals surface area contributed by atoms with Gasteiger partial charge in [-0.05, 0) is 53.8 Å². The molecule has 0 unspecified atom stereocenters. The van der Waals surface area contributed by atoms with E-state index in [2.05, 4.69) is 18.6 Å². The molecule has 0 atom stereocenters. The molecule has 0 aliphatic carbocycles. The second-order valence-electron chi connectivity index (χ2n) is 8.23. The third-order valence-electron chi connectivity index (χ3n) is 5.03. The molecule has 0 amide bonds. The van der Waals surface area contributed by atoms with Crippen molar-refractivity contribution in [3.63, 3.8) is 0 Å². The fourth-order valence-electron chi connectivity index (χ4n) is 3.54. The fraction of sp³-hybridized carbons (Fsp3) is 0.240. The molecule has 0 saturated carbocycles. The van der Waals surface area contributed by atoms with E-state index in [0.717, 1.165) is 17.5 Å². The number of rotatable bonds is 9. The Morgan fingerprint density at radius 1 is 0.969 bits per heavy atom. The van der Waals surface area contributed by atoms with Crippen LogP contribution < -0.4 is 9.62 Å². The fourth-order valence-corrected chi connectivity index (χ4v) is 4.59. The van der Waals surface area contributed by atoms with Crippen LogP contribution in [-0.2, 0) is 23.0 Å². The second-order valence-corrected chi connectivity index (χ2v) is 9.91. The third-order valence-corrected chi connectivity index (χ3v) is 6.43. The number of benzene rings is 3. The van der Waals surface area contributed by atoms with Crippen LogP contribution in [0, 0.1) is 5.92 Å². The number of carboxylic acids is 1. The summed E-state index contributed by atoms with van der Waals surface area (Å²) in [7, 11) is -2.04. The standard InChI is InChI=1S/C25H28N2O4S/c1-18(2)15-19-9-12-22(13-10-19)32(30,31)26-21-11-14-24(23(16-21)25(28)29)27(3)17-20-7-5-4-6-8-20/h4-14,16,18,26H,15,17H2,1-3H3,(H,28,29). The molecule has 3 aromatic carbocycles. The molecule has 0 bridgehead atoms. The van der Waals surface area contributed by atoms with Gasteiger partial charge in [0.05, 0.1) is 16.1 Å². The van der Waals surface area contributed by atoms with Gasteiger partial charge in [0.2, 0.25) is 0 Å². The minimum absolute atomic E-state index is 0.0240. The average molecular weight is 453 g/mol. The summed E-state index contributed by atoms with van der Waals surface area (Å²) in [5.74, 6) is -0.650. The number of sulfonamides is 1. The van der Waals surface area contributed by atoms with Gasteiger partial charge in [-0.3, -0.25) is 4.72 Å². The molecule has 0 heterocycles. The molecule has 7 heteroatoms. The predicted octanol–water partition coefficient (Wildman–Crippen LogP) is 5.02. The number of anilines is 2. The molecule has 3 aromatic rings. The Morgan fingerprint density at radius 2 is 1.62 bits per heavy atom. The number of aromatic carboxylic acids is 1. The summed E-state index contributed by atoms with van der Waals surface area (Å²) < 4.78 is 28.1. The number of hydrogen-bond acceptors (Lipinski definition) is 4. The highest BCUT2D eigenvalue weighted by Crippen LogP contribution is 2.27. The van der Waals surface area contributed by atoms with Crippen LogP contribution in [-0.4, -0.2) is 26.5 Å². The van der Waals surface area contributed by atoms with E-state index >= 15 is 0 Å². The van der Waals surface area contributed by atoms with Crippen LogP contribution in [0.25, 0.3) is 0 Å². The first-order valence-corrected chi connectivity index (χ1v) is 11.9. The highest BCUT2D eigenvalue weighted by molar-refractivity contribution is 7.92. The second kappa shape index (κ2) is 9.87. The predicted molar refractivity (Wildman–Crippen MR) is 128 cm³/mol. The van der Waals surface area contributed by atoms with Crippen LogP contribution in [0.4, 0.5) is 11.4 Å². The van der Waals surface area contributed by atoms with Gasteiger partial charge in [0.1, 0.15) is 0 Å². The molecule has 0 aliphatic heterocycles. The lowest BCUT2D eigenvalue weighted by atomic mass is 10.0. The lowest BCUT2D eigenvalue weighted by molar-refractivity contribution is 0.0697. The maximum Gasteiger partial charge on any atom is 0.337 e. The van der Waals surface area contributed by atoms with Crippen molar-refractivity contribution in [3.05, 3.63) is 89.5 Å². The van der Waals surface area contributed by atoms with Crippen molar-refractivity contribution in [2.24, 2.45) is 5.92 Å². The van der Waals surface area contributed by atoms with Crippen molar-refractivity contribution in [1.29, 1.82) is 0 Å². The summed E-state index contributed by atoms with van der Waals surface area (Å²) >= 11 is 0. The topological polar surface area (TPSA) is 86.7 Å². The number of nitrogens with one attached hydrogen (secondary N) is 1. The molecule has 0 saturated heterocycles. The molecule has 168 valence electrons. The Bertz CT molecular complexity index is 1170. The Morgan fingerprint density at radius 3 is 2.22 bits per heavy atom. The number of carbonyl (C=O) groups is 1. The Hall–Kier alpha value is -3.32. The molecular formula is C25H28N2O4S. The zero-order valence-electron chi connectivity index (χ0n) is 18.4. The van der Waals surface area contributed by atoms with Crippen LogP contribution in [0.5, 0.6) is 0 Å². The van der Waals surface area contributed by atoms with Crippen molar-refractivity contribution in [2.75, 3.05) is 16.7 Å². The molecule has 3 rings (SSSR count). The zero-order valence-corrected chi connectivity index (χ0v) is 19.3. The van der Waals surface area contributed by atoms with Gasteiger partial charge in [-0.1, -0.05) is 56.3 Å². The van der Waals surface area contributed by atoms with Gasteiger partial charge in [0.25, 0.3) is 10.0 Å². The molecule has 6 nitrogen and oxygen atoms in total. The van der Waals surface area contributed by atoms with E-state index in [1.165, 1.54) is 6.07 Å². The van der Waals surface area contributed by atoms with Crippen molar-refractivity contribution < 1.29 is 18.3 Å². The number of nitrogens with zero attached hydrogens (tertiary/aromatic N) is 1. The van der Waals surface area contributed by atoms with Gasteiger partial charge in [-0.25, -0.2) is 13.2 Å². The first-order valence-electron chi connectivity index (χ1n) is 10.4. The quantitative estimate of drug-likeness (QED) is 0.476. The molecule has 32 heavy (non-hydrogen) atoms. The molecule has 2 N–H and O–H groups in total. The van der Waals surface area contributed by atoms with Gasteiger partial charge in [0.15, 0.2) is 0 Å². The summed E-state index contributed by atoms with van der Waals surface area (Å²) in [6, 6.07) is 21.0. The van der Waals surface area contributed by atoms with Crippen LogP contribution in [0.1, 0.15) is 35.3 Å². The number of carboxylic acid groups (broad SMARTS) is 1. The summed E-state index contributed by atoms with van der Waals surface area (Å²) in [5, 5.41) is 9.72. The first-order chi connectivity index (χ1) is 15.2. The summed E-state index contributed by atoms with van der Waals surface area (Å²) in [6.45, 7) is 4.73. The van der Waals surface area contributed by atoms with E-state index in [9.17, 15) is 18.3 Å². The smallest absolute Gasteiger partial charge is 0.337 e. The average Bonchev–Trinajstić information content (AvgIpc) is 2.74.